The van der Waals surface area contributed by atoms with E-state index in [1.807, 2.05) is 6.07 Å². The lowest BCUT2D eigenvalue weighted by Gasteiger charge is -2.32. The molecule has 1 aliphatic heterocycles. The summed E-state index contributed by atoms with van der Waals surface area (Å²) in [5.41, 5.74) is 3.75. The maximum Gasteiger partial charge on any atom is 0.211 e. The van der Waals surface area contributed by atoms with Gasteiger partial charge >= 0.3 is 0 Å². The lowest BCUT2D eigenvalue weighted by Crippen LogP contribution is -2.41. The fourth-order valence-electron chi connectivity index (χ4n) is 2.69. The third-order valence-electron chi connectivity index (χ3n) is 3.74. The predicted octanol–water partition coefficient (Wildman–Crippen LogP) is 1.61. The van der Waals surface area contributed by atoms with Crippen molar-refractivity contribution in [3.63, 3.8) is 0 Å². The van der Waals surface area contributed by atoms with Gasteiger partial charge in [0, 0.05) is 18.7 Å². The normalized spacial score (nSPS) is 22.9. The monoisotopic (exact) mass is 365 g/mol. The zero-order chi connectivity index (χ0) is 14.8. The summed E-state index contributed by atoms with van der Waals surface area (Å²) < 4.78 is 30.7. The first-order valence-corrected chi connectivity index (χ1v) is 9.20. The Morgan fingerprint density at radius 3 is 2.95 bits per heavy atom. The predicted molar refractivity (Wildman–Crippen MR) is 80.2 cm³/mol. The van der Waals surface area contributed by atoms with Gasteiger partial charge in [0.25, 0.3) is 0 Å². The molecule has 0 aromatic carbocycles. The number of piperidine rings is 1. The second kappa shape index (κ2) is 6.57. The molecule has 0 amide bonds. The second-order valence-corrected chi connectivity index (χ2v) is 7.94. The minimum atomic E-state index is -3.11. The van der Waals surface area contributed by atoms with Gasteiger partial charge in [-0.1, -0.05) is 0 Å². The number of hydrogen-bond donors (Lipinski definition) is 2. The number of nitrogens with one attached hydrogen (secondary N) is 1. The Morgan fingerprint density at radius 2 is 2.40 bits per heavy atom. The van der Waals surface area contributed by atoms with Crippen LogP contribution in [-0.2, 0) is 10.0 Å². The van der Waals surface area contributed by atoms with Crippen LogP contribution in [0.5, 0.6) is 0 Å². The smallest absolute Gasteiger partial charge is 0.211 e. The van der Waals surface area contributed by atoms with Crippen molar-refractivity contribution in [2.75, 3.05) is 19.3 Å². The second-order valence-electron chi connectivity index (χ2n) is 5.23. The summed E-state index contributed by atoms with van der Waals surface area (Å²) in [6, 6.07) is 1.82. The quantitative estimate of drug-likeness (QED) is 0.611. The van der Waals surface area contributed by atoms with Crippen molar-refractivity contribution in [2.24, 2.45) is 11.8 Å². The average molecular weight is 366 g/mol. The van der Waals surface area contributed by atoms with Crippen LogP contribution in [0.2, 0.25) is 0 Å². The van der Waals surface area contributed by atoms with Crippen molar-refractivity contribution in [3.05, 3.63) is 22.6 Å². The van der Waals surface area contributed by atoms with Gasteiger partial charge in [-0.2, -0.15) is 0 Å². The maximum absolute atomic E-state index is 11.6. The molecule has 20 heavy (non-hydrogen) atoms. The first-order valence-electron chi connectivity index (χ1n) is 6.56. The molecule has 114 valence electrons. The number of hydrogen-bond acceptors (Lipinski definition) is 5. The molecule has 0 bridgehead atoms. The molecule has 3 N–H and O–H groups in total. The summed E-state index contributed by atoms with van der Waals surface area (Å²) in [7, 11) is -3.11. The number of rotatable bonds is 5. The van der Waals surface area contributed by atoms with E-state index >= 15 is 0 Å². The molecule has 2 heterocycles. The molecule has 2 atom stereocenters. The first kappa shape index (κ1) is 16.0. The molecule has 6 nitrogen and oxygen atoms in total. The summed E-state index contributed by atoms with van der Waals surface area (Å²) in [6.07, 6.45) is 5.55. The van der Waals surface area contributed by atoms with Gasteiger partial charge in [-0.25, -0.2) is 12.7 Å². The highest BCUT2D eigenvalue weighted by Crippen LogP contribution is 2.32. The summed E-state index contributed by atoms with van der Waals surface area (Å²) >= 11 is 3.35. The highest BCUT2D eigenvalue weighted by atomic mass is 79.9. The van der Waals surface area contributed by atoms with Crippen LogP contribution in [0.1, 0.15) is 30.9 Å². The SMILES string of the molecule is CS(=O)(=O)N1CCCC(CC(NN)c2ccoc2Br)C1. The van der Waals surface area contributed by atoms with Crippen LogP contribution in [-0.4, -0.2) is 32.1 Å². The topological polar surface area (TPSA) is 88.6 Å². The van der Waals surface area contributed by atoms with Crippen LogP contribution in [0.4, 0.5) is 0 Å². The van der Waals surface area contributed by atoms with Gasteiger partial charge < -0.3 is 4.42 Å². The molecule has 0 aliphatic carbocycles. The Balaban J connectivity index is 2.03. The minimum Gasteiger partial charge on any atom is -0.457 e. The average Bonchev–Trinajstić information content (AvgIpc) is 2.81. The molecule has 8 heteroatoms. The van der Waals surface area contributed by atoms with Crippen LogP contribution in [0, 0.1) is 5.92 Å². The molecule has 2 rings (SSSR count). The molecule has 1 aromatic heterocycles. The summed E-state index contributed by atoms with van der Waals surface area (Å²) in [5.74, 6) is 5.92. The van der Waals surface area contributed by atoms with Crippen LogP contribution >= 0.6 is 15.9 Å². The number of furan rings is 1. The Bertz CT molecular complexity index is 546. The number of halogens is 1. The van der Waals surface area contributed by atoms with E-state index in [0.717, 1.165) is 24.8 Å². The number of hydrazine groups is 1. The van der Waals surface area contributed by atoms with Crippen LogP contribution < -0.4 is 11.3 Å². The van der Waals surface area contributed by atoms with Gasteiger partial charge in [0.15, 0.2) is 4.67 Å². The van der Waals surface area contributed by atoms with E-state index in [0.29, 0.717) is 23.7 Å². The van der Waals surface area contributed by atoms with Gasteiger partial charge in [0.05, 0.1) is 18.6 Å². The third-order valence-corrected chi connectivity index (χ3v) is 5.66. The molecule has 0 saturated carbocycles. The molecule has 2 unspecified atom stereocenters. The van der Waals surface area contributed by atoms with Gasteiger partial charge in [-0.05, 0) is 47.2 Å². The Hall–Kier alpha value is -0.410. The lowest BCUT2D eigenvalue weighted by atomic mass is 9.90. The molecule has 0 radical (unpaired) electrons. The zero-order valence-corrected chi connectivity index (χ0v) is 13.8. The van der Waals surface area contributed by atoms with Gasteiger partial charge in [0.2, 0.25) is 10.0 Å². The highest BCUT2D eigenvalue weighted by molar-refractivity contribution is 9.10. The van der Waals surface area contributed by atoms with Crippen LogP contribution in [0.15, 0.2) is 21.4 Å². The van der Waals surface area contributed by atoms with E-state index < -0.39 is 10.0 Å². The largest absolute Gasteiger partial charge is 0.457 e. The van der Waals surface area contributed by atoms with Crippen molar-refractivity contribution in [1.82, 2.24) is 9.73 Å². The molecule has 0 spiro atoms. The fraction of sp³-hybridized carbons (Fsp3) is 0.667. The highest BCUT2D eigenvalue weighted by Gasteiger charge is 2.28. The van der Waals surface area contributed by atoms with E-state index in [1.54, 1.807) is 10.6 Å². The molecular weight excluding hydrogens is 346 g/mol. The van der Waals surface area contributed by atoms with E-state index in [1.165, 1.54) is 6.26 Å². The van der Waals surface area contributed by atoms with E-state index in [-0.39, 0.29) is 6.04 Å². The Morgan fingerprint density at radius 1 is 1.65 bits per heavy atom. The Kier molecular flexibility index (Phi) is 5.25. The zero-order valence-electron chi connectivity index (χ0n) is 11.4. The summed E-state index contributed by atoms with van der Waals surface area (Å²) in [4.78, 5) is 0. The lowest BCUT2D eigenvalue weighted by molar-refractivity contribution is 0.238. The van der Waals surface area contributed by atoms with Crippen molar-refractivity contribution in [1.29, 1.82) is 0 Å². The van der Waals surface area contributed by atoms with Crippen molar-refractivity contribution in [3.8, 4) is 0 Å². The van der Waals surface area contributed by atoms with Crippen molar-refractivity contribution >= 4 is 26.0 Å². The number of sulfonamides is 1. The molecule has 1 aromatic rings. The van der Waals surface area contributed by atoms with Crippen LogP contribution in [0.3, 0.4) is 0 Å². The van der Waals surface area contributed by atoms with Crippen LogP contribution in [0.25, 0.3) is 0 Å². The van der Waals surface area contributed by atoms with E-state index in [9.17, 15) is 8.42 Å². The summed E-state index contributed by atoms with van der Waals surface area (Å²) in [6.45, 7) is 1.18. The maximum atomic E-state index is 11.6. The van der Waals surface area contributed by atoms with Crippen molar-refractivity contribution in [2.45, 2.75) is 25.3 Å². The van der Waals surface area contributed by atoms with Gasteiger partial charge in [-0.3, -0.25) is 11.3 Å². The van der Waals surface area contributed by atoms with E-state index in [2.05, 4.69) is 21.4 Å². The van der Waals surface area contributed by atoms with Gasteiger partial charge in [0.1, 0.15) is 0 Å². The van der Waals surface area contributed by atoms with Gasteiger partial charge in [-0.15, -0.1) is 0 Å². The molecule has 1 aliphatic rings. The van der Waals surface area contributed by atoms with E-state index in [4.69, 9.17) is 10.3 Å². The Labute approximate surface area is 127 Å². The molecule has 1 saturated heterocycles. The summed E-state index contributed by atoms with van der Waals surface area (Å²) in [5, 5.41) is 0. The number of nitrogens with zero attached hydrogens (tertiary/aromatic N) is 1. The fourth-order valence-corrected chi connectivity index (χ4v) is 4.15. The molecule has 1 fully saturated rings. The van der Waals surface area contributed by atoms with Crippen molar-refractivity contribution < 1.29 is 12.8 Å². The first-order chi connectivity index (χ1) is 9.41. The number of nitrogens with two attached hydrogens (primary N) is 1. The third kappa shape index (κ3) is 3.82. The molecular formula is C12H20BrN3O3S. The minimum absolute atomic E-state index is 0.0485. The standard InChI is InChI=1S/C12H20BrN3O3S/c1-20(17,18)16-5-2-3-9(8-16)7-11(15-14)10-4-6-19-12(10)13/h4,6,9,11,15H,2-3,5,7-8,14H2,1H3.